The van der Waals surface area contributed by atoms with Gasteiger partial charge in [-0.15, -0.1) is 0 Å². The average molecular weight is 353 g/mol. The Kier molecular flexibility index (Phi) is 4.46. The zero-order valence-corrected chi connectivity index (χ0v) is 14.8. The molecule has 1 aromatic carbocycles. The number of carbonyl (C=O) groups is 2. The summed E-state index contributed by atoms with van der Waals surface area (Å²) in [6.45, 7) is 4.56. The molecule has 2 saturated heterocycles. The Morgan fingerprint density at radius 3 is 2.77 bits per heavy atom. The molecule has 2 aliphatic heterocycles. The minimum absolute atomic E-state index is 0.0406. The summed E-state index contributed by atoms with van der Waals surface area (Å²) >= 11 is 0. The largest absolute Gasteiger partial charge is 0.342 e. The van der Waals surface area contributed by atoms with Crippen LogP contribution in [0.4, 0.5) is 0 Å². The predicted octanol–water partition coefficient (Wildman–Crippen LogP) is 0.793. The SMILES string of the molecule is CC[C@@H]1NC(=O)[C@H]2CN(Cc3cnn(-c4ccccc4)c3)CCN2C1=O. The molecule has 2 fully saturated rings. The molecule has 26 heavy (non-hydrogen) atoms. The van der Waals surface area contributed by atoms with Crippen LogP contribution in [0.2, 0.25) is 0 Å². The molecule has 2 amide bonds. The normalized spacial score (nSPS) is 23.7. The topological polar surface area (TPSA) is 70.5 Å². The van der Waals surface area contributed by atoms with Crippen LogP contribution in [0.3, 0.4) is 0 Å². The average Bonchev–Trinajstić information content (AvgIpc) is 3.14. The number of para-hydroxylation sites is 1. The second kappa shape index (κ2) is 6.92. The summed E-state index contributed by atoms with van der Waals surface area (Å²) < 4.78 is 1.86. The second-order valence-electron chi connectivity index (χ2n) is 6.88. The van der Waals surface area contributed by atoms with Gasteiger partial charge >= 0.3 is 0 Å². The maximum atomic E-state index is 12.4. The van der Waals surface area contributed by atoms with Gasteiger partial charge in [-0.2, -0.15) is 5.10 Å². The number of nitrogens with zero attached hydrogens (tertiary/aromatic N) is 4. The fourth-order valence-corrected chi connectivity index (χ4v) is 3.70. The number of hydrogen-bond donors (Lipinski definition) is 1. The van der Waals surface area contributed by atoms with E-state index in [9.17, 15) is 9.59 Å². The molecule has 0 unspecified atom stereocenters. The molecular formula is C19H23N5O2. The van der Waals surface area contributed by atoms with Crippen LogP contribution in [0.15, 0.2) is 42.7 Å². The Morgan fingerprint density at radius 2 is 2.00 bits per heavy atom. The van der Waals surface area contributed by atoms with Gasteiger partial charge in [0.2, 0.25) is 11.8 Å². The van der Waals surface area contributed by atoms with Crippen molar-refractivity contribution in [2.75, 3.05) is 19.6 Å². The first-order chi connectivity index (χ1) is 12.7. The molecule has 7 heteroatoms. The molecule has 0 saturated carbocycles. The van der Waals surface area contributed by atoms with Gasteiger partial charge in [0.1, 0.15) is 12.1 Å². The van der Waals surface area contributed by atoms with E-state index in [1.54, 1.807) is 4.90 Å². The number of amides is 2. The van der Waals surface area contributed by atoms with Gasteiger partial charge in [-0.3, -0.25) is 14.5 Å². The zero-order chi connectivity index (χ0) is 18.1. The molecule has 1 aromatic heterocycles. The minimum Gasteiger partial charge on any atom is -0.342 e. The Bertz CT molecular complexity index is 803. The third-order valence-corrected chi connectivity index (χ3v) is 5.14. The lowest BCUT2D eigenvalue weighted by Gasteiger charge is -2.45. The van der Waals surface area contributed by atoms with Gasteiger partial charge < -0.3 is 10.2 Å². The molecule has 7 nitrogen and oxygen atoms in total. The highest BCUT2D eigenvalue weighted by Gasteiger charge is 2.42. The first-order valence-electron chi connectivity index (χ1n) is 9.08. The van der Waals surface area contributed by atoms with Crippen molar-refractivity contribution >= 4 is 11.8 Å². The second-order valence-corrected chi connectivity index (χ2v) is 6.88. The molecule has 1 N–H and O–H groups in total. The summed E-state index contributed by atoms with van der Waals surface area (Å²) in [7, 11) is 0. The minimum atomic E-state index is -0.386. The highest BCUT2D eigenvalue weighted by molar-refractivity contribution is 5.97. The maximum absolute atomic E-state index is 12.4. The van der Waals surface area contributed by atoms with E-state index in [2.05, 4.69) is 15.3 Å². The van der Waals surface area contributed by atoms with Gasteiger partial charge in [0, 0.05) is 37.9 Å². The summed E-state index contributed by atoms with van der Waals surface area (Å²) in [6, 6.07) is 9.22. The van der Waals surface area contributed by atoms with Crippen LogP contribution in [-0.4, -0.2) is 63.1 Å². The van der Waals surface area contributed by atoms with Crippen LogP contribution in [0.1, 0.15) is 18.9 Å². The van der Waals surface area contributed by atoms with Gasteiger partial charge in [-0.1, -0.05) is 25.1 Å². The van der Waals surface area contributed by atoms with Gasteiger partial charge in [-0.05, 0) is 18.6 Å². The molecule has 2 aliphatic rings. The van der Waals surface area contributed by atoms with Crippen molar-refractivity contribution in [2.24, 2.45) is 0 Å². The molecule has 0 bridgehead atoms. The molecule has 4 rings (SSSR count). The molecule has 0 radical (unpaired) electrons. The Labute approximate surface area is 152 Å². The Hall–Kier alpha value is -2.67. The number of carbonyl (C=O) groups excluding carboxylic acids is 2. The van der Waals surface area contributed by atoms with Crippen molar-refractivity contribution in [3.8, 4) is 5.69 Å². The number of fused-ring (bicyclic) bond motifs is 1. The maximum Gasteiger partial charge on any atom is 0.245 e. The quantitative estimate of drug-likeness (QED) is 0.882. The van der Waals surface area contributed by atoms with Gasteiger partial charge in [0.15, 0.2) is 0 Å². The van der Waals surface area contributed by atoms with Crippen molar-refractivity contribution in [2.45, 2.75) is 32.0 Å². The molecular weight excluding hydrogens is 330 g/mol. The van der Waals surface area contributed by atoms with Crippen LogP contribution in [0.5, 0.6) is 0 Å². The van der Waals surface area contributed by atoms with E-state index in [0.717, 1.165) is 24.3 Å². The van der Waals surface area contributed by atoms with Crippen molar-refractivity contribution in [3.63, 3.8) is 0 Å². The number of benzene rings is 1. The molecule has 0 spiro atoms. The summed E-state index contributed by atoms with van der Waals surface area (Å²) in [5.41, 5.74) is 2.11. The molecule has 3 heterocycles. The first-order valence-corrected chi connectivity index (χ1v) is 9.08. The molecule has 2 atom stereocenters. The smallest absolute Gasteiger partial charge is 0.245 e. The number of rotatable bonds is 4. The van der Waals surface area contributed by atoms with Gasteiger partial charge in [0.25, 0.3) is 0 Å². The fraction of sp³-hybridized carbons (Fsp3) is 0.421. The van der Waals surface area contributed by atoms with Crippen LogP contribution < -0.4 is 5.32 Å². The lowest BCUT2D eigenvalue weighted by molar-refractivity contribution is -0.153. The summed E-state index contributed by atoms with van der Waals surface area (Å²) in [6.07, 6.45) is 4.51. The molecule has 136 valence electrons. The van der Waals surface area contributed by atoms with E-state index in [1.807, 2.05) is 54.3 Å². The Morgan fingerprint density at radius 1 is 1.19 bits per heavy atom. The van der Waals surface area contributed by atoms with Crippen molar-refractivity contribution in [1.82, 2.24) is 24.9 Å². The summed E-state index contributed by atoms with van der Waals surface area (Å²) in [5, 5.41) is 7.28. The number of nitrogens with one attached hydrogen (secondary N) is 1. The van der Waals surface area contributed by atoms with E-state index in [1.165, 1.54) is 0 Å². The number of aromatic nitrogens is 2. The lowest BCUT2D eigenvalue weighted by atomic mass is 10.0. The van der Waals surface area contributed by atoms with E-state index in [4.69, 9.17) is 0 Å². The highest BCUT2D eigenvalue weighted by atomic mass is 16.2. The highest BCUT2D eigenvalue weighted by Crippen LogP contribution is 2.19. The van der Waals surface area contributed by atoms with Crippen molar-refractivity contribution in [3.05, 3.63) is 48.3 Å². The van der Waals surface area contributed by atoms with E-state index >= 15 is 0 Å². The summed E-state index contributed by atoms with van der Waals surface area (Å²) in [5.74, 6) is 0.00905. The van der Waals surface area contributed by atoms with Gasteiger partial charge in [-0.25, -0.2) is 4.68 Å². The first kappa shape index (κ1) is 16.8. The van der Waals surface area contributed by atoms with E-state index < -0.39 is 0 Å². The predicted molar refractivity (Wildman–Crippen MR) is 96.6 cm³/mol. The number of piperazine rings is 2. The van der Waals surface area contributed by atoms with Crippen LogP contribution >= 0.6 is 0 Å². The van der Waals surface area contributed by atoms with E-state index in [-0.39, 0.29) is 23.9 Å². The number of hydrogen-bond acceptors (Lipinski definition) is 4. The monoisotopic (exact) mass is 353 g/mol. The van der Waals surface area contributed by atoms with Gasteiger partial charge in [0.05, 0.1) is 11.9 Å². The standard InChI is InChI=1S/C19H23N5O2/c1-2-16-19(26)23-9-8-22(13-17(23)18(25)21-16)11-14-10-20-24(12-14)15-6-4-3-5-7-15/h3-7,10,12,16-17H,2,8-9,11,13H2,1H3,(H,21,25)/t16-,17+/m0/s1. The molecule has 2 aromatic rings. The van der Waals surface area contributed by atoms with Crippen LogP contribution in [-0.2, 0) is 16.1 Å². The third-order valence-electron chi connectivity index (χ3n) is 5.14. The van der Waals surface area contributed by atoms with Crippen LogP contribution in [0, 0.1) is 0 Å². The van der Waals surface area contributed by atoms with E-state index in [0.29, 0.717) is 19.5 Å². The fourth-order valence-electron chi connectivity index (χ4n) is 3.70. The van der Waals surface area contributed by atoms with Crippen molar-refractivity contribution < 1.29 is 9.59 Å². The summed E-state index contributed by atoms with van der Waals surface area (Å²) in [4.78, 5) is 28.8. The Balaban J connectivity index is 1.43. The zero-order valence-electron chi connectivity index (χ0n) is 14.8. The molecule has 0 aliphatic carbocycles. The lowest BCUT2D eigenvalue weighted by Crippen LogP contribution is -2.68. The van der Waals surface area contributed by atoms with Crippen LogP contribution in [0.25, 0.3) is 5.69 Å². The van der Waals surface area contributed by atoms with Crippen molar-refractivity contribution in [1.29, 1.82) is 0 Å². The third kappa shape index (κ3) is 3.10.